The molecule has 0 aliphatic carbocycles. The summed E-state index contributed by atoms with van der Waals surface area (Å²) < 4.78 is 7.12. The number of nitrogens with zero attached hydrogens (tertiary/aromatic N) is 4. The summed E-state index contributed by atoms with van der Waals surface area (Å²) in [7, 11) is 0. The van der Waals surface area contributed by atoms with Gasteiger partial charge in [-0.15, -0.1) is 0 Å². The number of hydrogen-bond donors (Lipinski definition) is 1. The van der Waals surface area contributed by atoms with Crippen LogP contribution in [0.2, 0.25) is 0 Å². The zero-order valence-electron chi connectivity index (χ0n) is 14.5. The van der Waals surface area contributed by atoms with Crippen LogP contribution in [0, 0.1) is 0 Å². The fourth-order valence-corrected chi connectivity index (χ4v) is 3.17. The smallest absolute Gasteiger partial charge is 0.242 e. The standard InChI is InChI=1S/C19H21N5O2/c25-18(14-24-17-6-2-1-4-15(17)13-22-24)21-12-16-5-3-7-20-19(16)23-8-10-26-11-9-23/h1-7,13H,8-12,14H2,(H,21,25). The number of amides is 1. The molecule has 0 saturated carbocycles. The van der Waals surface area contributed by atoms with Gasteiger partial charge < -0.3 is 15.0 Å². The second-order valence-corrected chi connectivity index (χ2v) is 6.22. The first-order valence-corrected chi connectivity index (χ1v) is 8.75. The molecule has 1 aromatic carbocycles. The van der Waals surface area contributed by atoms with Gasteiger partial charge in [-0.25, -0.2) is 4.98 Å². The molecule has 0 unspecified atom stereocenters. The molecule has 1 saturated heterocycles. The average Bonchev–Trinajstić information content (AvgIpc) is 3.10. The van der Waals surface area contributed by atoms with E-state index in [1.165, 1.54) is 0 Å². The van der Waals surface area contributed by atoms with E-state index >= 15 is 0 Å². The molecule has 1 aliphatic heterocycles. The van der Waals surface area contributed by atoms with E-state index < -0.39 is 0 Å². The van der Waals surface area contributed by atoms with Crippen LogP contribution in [0.5, 0.6) is 0 Å². The van der Waals surface area contributed by atoms with E-state index in [2.05, 4.69) is 20.3 Å². The molecule has 0 atom stereocenters. The van der Waals surface area contributed by atoms with Crippen LogP contribution < -0.4 is 10.2 Å². The van der Waals surface area contributed by atoms with Crippen molar-refractivity contribution in [1.82, 2.24) is 20.1 Å². The topological polar surface area (TPSA) is 72.3 Å². The molecule has 7 heteroatoms. The minimum Gasteiger partial charge on any atom is -0.378 e. The summed E-state index contributed by atoms with van der Waals surface area (Å²) in [5.74, 6) is 0.844. The summed E-state index contributed by atoms with van der Waals surface area (Å²) in [6, 6.07) is 11.8. The maximum Gasteiger partial charge on any atom is 0.242 e. The Kier molecular flexibility index (Phi) is 4.79. The van der Waals surface area contributed by atoms with Crippen molar-refractivity contribution < 1.29 is 9.53 Å². The van der Waals surface area contributed by atoms with Crippen molar-refractivity contribution >= 4 is 22.6 Å². The third kappa shape index (κ3) is 3.52. The van der Waals surface area contributed by atoms with E-state index in [-0.39, 0.29) is 12.5 Å². The Bertz CT molecular complexity index is 902. The van der Waals surface area contributed by atoms with Crippen LogP contribution in [-0.2, 0) is 22.6 Å². The lowest BCUT2D eigenvalue weighted by Crippen LogP contribution is -2.38. The van der Waals surface area contributed by atoms with E-state index in [1.807, 2.05) is 36.4 Å². The Morgan fingerprint density at radius 3 is 2.88 bits per heavy atom. The number of aromatic nitrogens is 3. The predicted octanol–water partition coefficient (Wildman–Crippen LogP) is 1.58. The van der Waals surface area contributed by atoms with Crippen LogP contribution in [0.1, 0.15) is 5.56 Å². The van der Waals surface area contributed by atoms with Crippen LogP contribution in [0.25, 0.3) is 10.9 Å². The molecule has 0 spiro atoms. The lowest BCUT2D eigenvalue weighted by molar-refractivity contribution is -0.121. The summed E-state index contributed by atoms with van der Waals surface area (Å²) >= 11 is 0. The molecule has 0 bridgehead atoms. The highest BCUT2D eigenvalue weighted by Crippen LogP contribution is 2.18. The Labute approximate surface area is 151 Å². The van der Waals surface area contributed by atoms with Gasteiger partial charge in [0, 0.05) is 36.8 Å². The van der Waals surface area contributed by atoms with Gasteiger partial charge >= 0.3 is 0 Å². The van der Waals surface area contributed by atoms with Gasteiger partial charge in [-0.2, -0.15) is 5.10 Å². The molecule has 0 radical (unpaired) electrons. The zero-order valence-corrected chi connectivity index (χ0v) is 14.5. The largest absolute Gasteiger partial charge is 0.378 e. The number of fused-ring (bicyclic) bond motifs is 1. The third-order valence-corrected chi connectivity index (χ3v) is 4.50. The average molecular weight is 351 g/mol. The van der Waals surface area contributed by atoms with E-state index in [1.54, 1.807) is 17.1 Å². The van der Waals surface area contributed by atoms with E-state index in [4.69, 9.17) is 4.74 Å². The molecule has 134 valence electrons. The Balaban J connectivity index is 1.42. The summed E-state index contributed by atoms with van der Waals surface area (Å²) in [6.07, 6.45) is 3.56. The number of nitrogens with one attached hydrogen (secondary N) is 1. The van der Waals surface area contributed by atoms with Crippen LogP contribution in [0.4, 0.5) is 5.82 Å². The van der Waals surface area contributed by atoms with Crippen molar-refractivity contribution in [3.63, 3.8) is 0 Å². The number of carbonyl (C=O) groups is 1. The maximum atomic E-state index is 12.4. The van der Waals surface area contributed by atoms with Gasteiger partial charge in [-0.05, 0) is 12.1 Å². The molecule has 7 nitrogen and oxygen atoms in total. The molecule has 4 rings (SSSR count). The predicted molar refractivity (Wildman–Crippen MR) is 98.8 cm³/mol. The normalized spacial score (nSPS) is 14.5. The minimum absolute atomic E-state index is 0.0735. The minimum atomic E-state index is -0.0735. The lowest BCUT2D eigenvalue weighted by Gasteiger charge is -2.29. The van der Waals surface area contributed by atoms with Gasteiger partial charge in [0.15, 0.2) is 0 Å². The molecule has 1 fully saturated rings. The molecule has 2 aromatic heterocycles. The molecule has 26 heavy (non-hydrogen) atoms. The van der Waals surface area contributed by atoms with Crippen molar-refractivity contribution in [2.75, 3.05) is 31.2 Å². The summed E-state index contributed by atoms with van der Waals surface area (Å²) in [6.45, 7) is 3.68. The molecule has 1 amide bonds. The van der Waals surface area contributed by atoms with E-state index in [0.717, 1.165) is 35.4 Å². The first-order chi connectivity index (χ1) is 12.8. The van der Waals surface area contributed by atoms with Gasteiger partial charge in [0.25, 0.3) is 0 Å². The SMILES string of the molecule is O=C(Cn1ncc2ccccc21)NCc1cccnc1N1CCOCC1. The second-order valence-electron chi connectivity index (χ2n) is 6.22. The van der Waals surface area contributed by atoms with Gasteiger partial charge in [0.05, 0.1) is 24.9 Å². The highest BCUT2D eigenvalue weighted by molar-refractivity contribution is 5.82. The monoisotopic (exact) mass is 351 g/mol. The van der Waals surface area contributed by atoms with Crippen LogP contribution in [-0.4, -0.2) is 47.0 Å². The highest BCUT2D eigenvalue weighted by atomic mass is 16.5. The van der Waals surface area contributed by atoms with Crippen molar-refractivity contribution in [1.29, 1.82) is 0 Å². The molecular formula is C19H21N5O2. The van der Waals surface area contributed by atoms with Crippen LogP contribution in [0.15, 0.2) is 48.8 Å². The molecule has 3 aromatic rings. The van der Waals surface area contributed by atoms with Crippen molar-refractivity contribution in [3.05, 3.63) is 54.4 Å². The van der Waals surface area contributed by atoms with Gasteiger partial charge in [-0.3, -0.25) is 9.48 Å². The number of para-hydroxylation sites is 1. The summed E-state index contributed by atoms with van der Waals surface area (Å²) in [4.78, 5) is 19.1. The Hall–Kier alpha value is -2.93. The number of pyridine rings is 1. The number of ether oxygens (including phenoxy) is 1. The van der Waals surface area contributed by atoms with Crippen molar-refractivity contribution in [2.45, 2.75) is 13.1 Å². The highest BCUT2D eigenvalue weighted by Gasteiger charge is 2.16. The van der Waals surface area contributed by atoms with E-state index in [0.29, 0.717) is 19.8 Å². The van der Waals surface area contributed by atoms with E-state index in [9.17, 15) is 4.79 Å². The first kappa shape index (κ1) is 16.5. The molecular weight excluding hydrogens is 330 g/mol. The number of rotatable bonds is 5. The second kappa shape index (κ2) is 7.53. The quantitative estimate of drug-likeness (QED) is 0.756. The Morgan fingerprint density at radius 2 is 2.00 bits per heavy atom. The zero-order chi connectivity index (χ0) is 17.8. The number of benzene rings is 1. The molecule has 3 heterocycles. The molecule has 1 aliphatic rings. The number of anilines is 1. The van der Waals surface area contributed by atoms with Gasteiger partial charge in [0.1, 0.15) is 12.4 Å². The number of hydrogen-bond acceptors (Lipinski definition) is 5. The number of carbonyl (C=O) groups excluding carboxylic acids is 1. The summed E-state index contributed by atoms with van der Waals surface area (Å²) in [5, 5.41) is 8.32. The maximum absolute atomic E-state index is 12.4. The lowest BCUT2D eigenvalue weighted by atomic mass is 10.2. The van der Waals surface area contributed by atoms with Crippen molar-refractivity contribution in [2.24, 2.45) is 0 Å². The van der Waals surface area contributed by atoms with Gasteiger partial charge in [-0.1, -0.05) is 24.3 Å². The summed E-state index contributed by atoms with van der Waals surface area (Å²) in [5.41, 5.74) is 1.96. The third-order valence-electron chi connectivity index (χ3n) is 4.50. The molecule has 1 N–H and O–H groups in total. The first-order valence-electron chi connectivity index (χ1n) is 8.75. The fraction of sp³-hybridized carbons (Fsp3) is 0.316. The van der Waals surface area contributed by atoms with Crippen LogP contribution >= 0.6 is 0 Å². The Morgan fingerprint density at radius 1 is 1.15 bits per heavy atom. The van der Waals surface area contributed by atoms with Crippen molar-refractivity contribution in [3.8, 4) is 0 Å². The fourth-order valence-electron chi connectivity index (χ4n) is 3.17. The number of morpholine rings is 1. The van der Waals surface area contributed by atoms with Gasteiger partial charge in [0.2, 0.25) is 5.91 Å². The van der Waals surface area contributed by atoms with Crippen LogP contribution in [0.3, 0.4) is 0 Å².